The molecule has 3 aromatic carbocycles. The number of rotatable bonds is 10. The zero-order valence-corrected chi connectivity index (χ0v) is 33.8. The molecule has 13 nitrogen and oxygen atoms in total. The number of fused-ring (bicyclic) bond motifs is 1. The van der Waals surface area contributed by atoms with Gasteiger partial charge in [-0.1, -0.05) is 56.3 Å². The monoisotopic (exact) mass is 797 g/mol. The molecule has 298 valence electrons. The minimum atomic E-state index is -0.789. The quantitative estimate of drug-likeness (QED) is 0.151. The lowest BCUT2D eigenvalue weighted by atomic mass is 9.72. The van der Waals surface area contributed by atoms with Crippen molar-refractivity contribution < 1.29 is 19.8 Å². The molecule has 6 aromatic rings. The Kier molecular flexibility index (Phi) is 9.63. The topological polar surface area (TPSA) is 153 Å². The number of phenols is 1. The highest BCUT2D eigenvalue weighted by atomic mass is 32.1. The van der Waals surface area contributed by atoms with Gasteiger partial charge in [0.25, 0.3) is 0 Å². The van der Waals surface area contributed by atoms with Crippen LogP contribution in [-0.4, -0.2) is 96.8 Å². The molecule has 2 amide bonds. The average molecular weight is 798 g/mol. The van der Waals surface area contributed by atoms with E-state index in [0.29, 0.717) is 11.3 Å². The lowest BCUT2D eigenvalue weighted by molar-refractivity contribution is -0.142. The summed E-state index contributed by atoms with van der Waals surface area (Å²) in [6.45, 7) is 11.6. The molecule has 4 atom stereocenters. The van der Waals surface area contributed by atoms with Gasteiger partial charge >= 0.3 is 0 Å². The number of benzene rings is 3. The Morgan fingerprint density at radius 3 is 2.38 bits per heavy atom. The molecule has 1 spiro atoms. The van der Waals surface area contributed by atoms with Crippen LogP contribution in [0.3, 0.4) is 0 Å². The van der Waals surface area contributed by atoms with Crippen molar-refractivity contribution in [3.05, 3.63) is 102 Å². The number of β-amino-alcohol motifs (C(OH)–C–C–N with tert-alkyl or cyclic N) is 1. The normalized spacial score (nSPS) is 19.7. The third kappa shape index (κ3) is 6.93. The fraction of sp³-hybridized carbons (Fsp3) is 0.364. The first kappa shape index (κ1) is 37.7. The van der Waals surface area contributed by atoms with Gasteiger partial charge in [0.05, 0.1) is 51.3 Å². The van der Waals surface area contributed by atoms with E-state index in [1.54, 1.807) is 33.1 Å². The summed E-state index contributed by atoms with van der Waals surface area (Å²) in [6.07, 6.45) is 3.16. The van der Waals surface area contributed by atoms with Gasteiger partial charge < -0.3 is 30.2 Å². The van der Waals surface area contributed by atoms with E-state index in [9.17, 15) is 19.8 Å². The van der Waals surface area contributed by atoms with Crippen molar-refractivity contribution in [3.63, 3.8) is 0 Å². The minimum absolute atomic E-state index is 0.0970. The first-order valence-electron chi connectivity index (χ1n) is 19.8. The van der Waals surface area contributed by atoms with E-state index in [2.05, 4.69) is 53.6 Å². The Hall–Kier alpha value is -5.86. The zero-order valence-electron chi connectivity index (χ0n) is 33.0. The number of amides is 2. The Morgan fingerprint density at radius 1 is 0.931 bits per heavy atom. The summed E-state index contributed by atoms with van der Waals surface area (Å²) in [7, 11) is 0. The van der Waals surface area contributed by atoms with E-state index in [1.165, 1.54) is 0 Å². The summed E-state index contributed by atoms with van der Waals surface area (Å²) in [5, 5.41) is 38.6. The molecule has 0 bridgehead atoms. The molecule has 3 fully saturated rings. The van der Waals surface area contributed by atoms with Gasteiger partial charge in [-0.3, -0.25) is 14.3 Å². The first-order valence-corrected chi connectivity index (χ1v) is 20.7. The summed E-state index contributed by atoms with van der Waals surface area (Å²) in [5.74, 6) is -0.423. The molecule has 0 saturated carbocycles. The van der Waals surface area contributed by atoms with Crippen LogP contribution in [0.2, 0.25) is 0 Å². The van der Waals surface area contributed by atoms with Crippen LogP contribution in [0.4, 0.5) is 11.4 Å². The van der Waals surface area contributed by atoms with Gasteiger partial charge in [-0.15, -0.1) is 21.5 Å². The predicted molar refractivity (Wildman–Crippen MR) is 225 cm³/mol. The second-order valence-corrected chi connectivity index (χ2v) is 17.4. The number of hydrogen-bond donors (Lipinski definition) is 3. The van der Waals surface area contributed by atoms with E-state index >= 15 is 0 Å². The highest BCUT2D eigenvalue weighted by Gasteiger charge is 2.52. The molecule has 3 aliphatic heterocycles. The molecule has 9 rings (SSSR count). The number of nitrogens with zero attached hydrogens (tertiary/aromatic N) is 8. The van der Waals surface area contributed by atoms with Gasteiger partial charge in [-0.05, 0) is 61.2 Å². The summed E-state index contributed by atoms with van der Waals surface area (Å²) in [6, 6.07) is 21.7. The zero-order chi connectivity index (χ0) is 40.3. The van der Waals surface area contributed by atoms with Crippen molar-refractivity contribution in [2.75, 3.05) is 42.5 Å². The largest absolute Gasteiger partial charge is 0.507 e. The van der Waals surface area contributed by atoms with Crippen LogP contribution in [0, 0.1) is 18.3 Å². The molecule has 3 aromatic heterocycles. The van der Waals surface area contributed by atoms with E-state index < -0.39 is 18.2 Å². The number of thiazole rings is 1. The SMILES string of the molecule is Cc1ncsc1-c1ccc(C(C)NC(=O)[C@@H]2C[C@@H](O)CN2C(=O)C(C(C)C)n2cc(N3CC4(CN(c5ccc6cc(-c7ccccc7O)nnc6c5)C4)C3)cn2)cc1. The van der Waals surface area contributed by atoms with Crippen LogP contribution in [0.5, 0.6) is 5.75 Å². The molecule has 3 N–H and O–H groups in total. The highest BCUT2D eigenvalue weighted by Crippen LogP contribution is 2.44. The number of para-hydroxylation sites is 1. The summed E-state index contributed by atoms with van der Waals surface area (Å²) >= 11 is 1.60. The van der Waals surface area contributed by atoms with Crippen molar-refractivity contribution in [2.24, 2.45) is 11.3 Å². The van der Waals surface area contributed by atoms with E-state index in [0.717, 1.165) is 70.2 Å². The first-order chi connectivity index (χ1) is 27.9. The van der Waals surface area contributed by atoms with Gasteiger partial charge in [0, 0.05) is 67.4 Å². The van der Waals surface area contributed by atoms with E-state index in [-0.39, 0.29) is 47.9 Å². The number of aliphatic hydroxyl groups excluding tert-OH is 1. The lowest BCUT2D eigenvalue weighted by Gasteiger charge is -2.61. The number of phenolic OH excluding ortho intramolecular Hbond substituents is 1. The number of nitrogens with one attached hydrogen (secondary N) is 1. The van der Waals surface area contributed by atoms with Gasteiger partial charge in [0.2, 0.25) is 11.8 Å². The van der Waals surface area contributed by atoms with E-state index in [1.807, 2.05) is 88.1 Å². The smallest absolute Gasteiger partial charge is 0.248 e. The Balaban J connectivity index is 0.816. The van der Waals surface area contributed by atoms with Gasteiger partial charge in [-0.2, -0.15) is 5.10 Å². The van der Waals surface area contributed by atoms with Crippen LogP contribution in [0.1, 0.15) is 50.5 Å². The molecular weight excluding hydrogens is 751 g/mol. The highest BCUT2D eigenvalue weighted by molar-refractivity contribution is 7.13. The molecular formula is C44H47N9O4S. The average Bonchev–Trinajstić information content (AvgIpc) is 3.94. The molecule has 3 aliphatic rings. The summed E-state index contributed by atoms with van der Waals surface area (Å²) in [5.41, 5.74) is 9.21. The lowest BCUT2D eigenvalue weighted by Crippen LogP contribution is -2.72. The molecule has 3 saturated heterocycles. The van der Waals surface area contributed by atoms with Gasteiger partial charge in [-0.25, -0.2) is 4.98 Å². The second kappa shape index (κ2) is 14.8. The van der Waals surface area contributed by atoms with Crippen molar-refractivity contribution >= 4 is 45.4 Å². The van der Waals surface area contributed by atoms with Crippen LogP contribution in [-0.2, 0) is 9.59 Å². The molecule has 0 aliphatic carbocycles. The third-order valence-corrected chi connectivity index (χ3v) is 13.0. The molecule has 2 unspecified atom stereocenters. The minimum Gasteiger partial charge on any atom is -0.507 e. The summed E-state index contributed by atoms with van der Waals surface area (Å²) in [4.78, 5) is 39.7. The molecule has 14 heteroatoms. The van der Waals surface area contributed by atoms with Crippen LogP contribution in [0.25, 0.3) is 32.6 Å². The summed E-state index contributed by atoms with van der Waals surface area (Å²) < 4.78 is 1.73. The number of anilines is 2. The fourth-order valence-corrected chi connectivity index (χ4v) is 9.66. The van der Waals surface area contributed by atoms with Crippen molar-refractivity contribution in [1.29, 1.82) is 0 Å². The van der Waals surface area contributed by atoms with Gasteiger partial charge in [0.1, 0.15) is 17.8 Å². The number of likely N-dealkylation sites (tertiary alicyclic amines) is 1. The van der Waals surface area contributed by atoms with Crippen LogP contribution < -0.4 is 15.1 Å². The Morgan fingerprint density at radius 2 is 1.67 bits per heavy atom. The number of aliphatic hydroxyl groups is 1. The predicted octanol–water partition coefficient (Wildman–Crippen LogP) is 5.99. The van der Waals surface area contributed by atoms with Crippen molar-refractivity contribution in [2.45, 2.75) is 58.3 Å². The Bertz CT molecular complexity index is 2490. The maximum atomic E-state index is 14.3. The number of aromatic nitrogens is 5. The standard InChI is InChI=1S/C44H47N9O4S/c1-26(2)40(43(57)52-20-34(54)17-38(52)42(56)47-27(3)29-9-11-30(12-10-29)41-28(4)45-25-58-41)53-19-33(18-46-53)51-23-44(24-51)21-50(22-44)32-14-13-31-15-37(49-48-36(31)16-32)35-7-5-6-8-39(35)55/h5-16,18-19,25-27,34,38,40,54-55H,17,20-24H2,1-4H3,(H,47,56)/t27?,34-,38+,40?/m1/s1. The number of hydrogen-bond acceptors (Lipinski definition) is 11. The Labute approximate surface area is 341 Å². The number of aryl methyl sites for hydroxylation is 1. The maximum absolute atomic E-state index is 14.3. The van der Waals surface area contributed by atoms with E-state index in [4.69, 9.17) is 0 Å². The number of aromatic hydroxyl groups is 1. The second-order valence-electron chi connectivity index (χ2n) is 16.6. The number of carbonyl (C=O) groups excluding carboxylic acids is 2. The fourth-order valence-electron chi connectivity index (χ4n) is 8.85. The maximum Gasteiger partial charge on any atom is 0.248 e. The number of carbonyl (C=O) groups is 2. The third-order valence-electron chi connectivity index (χ3n) is 12.0. The van der Waals surface area contributed by atoms with Crippen molar-refractivity contribution in [1.82, 2.24) is 35.2 Å². The van der Waals surface area contributed by atoms with Gasteiger partial charge in [0.15, 0.2) is 0 Å². The van der Waals surface area contributed by atoms with Crippen molar-refractivity contribution in [3.8, 4) is 27.4 Å². The van der Waals surface area contributed by atoms with Crippen LogP contribution in [0.15, 0.2) is 90.7 Å². The molecule has 0 radical (unpaired) electrons. The molecule has 6 heterocycles. The van der Waals surface area contributed by atoms with Crippen LogP contribution >= 0.6 is 11.3 Å². The molecule has 58 heavy (non-hydrogen) atoms.